The third-order valence-electron chi connectivity index (χ3n) is 4.43. The number of aromatic nitrogens is 1. The number of esters is 1. The number of ether oxygens (including phenoxy) is 1. The standard InChI is InChI=1S/C21H21N3O5S/c1-3-19(20(25)24-14-8-10-15(11-9-14)30(22,27)28)29-21(26)17-12-13(2)23-18-7-5-4-6-16(17)18/h4-12,19H,3H2,1-2H3,(H,24,25)(H2,22,27,28)/t19-/m0/s1. The van der Waals surface area contributed by atoms with Crippen molar-refractivity contribution >= 4 is 38.5 Å². The highest BCUT2D eigenvalue weighted by molar-refractivity contribution is 7.89. The lowest BCUT2D eigenvalue weighted by Crippen LogP contribution is -2.32. The average molecular weight is 427 g/mol. The van der Waals surface area contributed by atoms with E-state index in [-0.39, 0.29) is 11.3 Å². The van der Waals surface area contributed by atoms with Gasteiger partial charge < -0.3 is 10.1 Å². The second-order valence-electron chi connectivity index (χ2n) is 6.69. The minimum Gasteiger partial charge on any atom is -0.449 e. The Kier molecular flexibility index (Phi) is 6.14. The first kappa shape index (κ1) is 21.4. The van der Waals surface area contributed by atoms with Gasteiger partial charge in [0.25, 0.3) is 5.91 Å². The Morgan fingerprint density at radius 2 is 1.80 bits per heavy atom. The molecule has 0 unspecified atom stereocenters. The molecular weight excluding hydrogens is 406 g/mol. The molecule has 1 amide bonds. The Hall–Kier alpha value is -3.30. The van der Waals surface area contributed by atoms with Gasteiger partial charge in [0.15, 0.2) is 6.10 Å². The monoisotopic (exact) mass is 427 g/mol. The number of rotatable bonds is 6. The third-order valence-corrected chi connectivity index (χ3v) is 5.36. The summed E-state index contributed by atoms with van der Waals surface area (Å²) in [5, 5.41) is 8.31. The second kappa shape index (κ2) is 8.60. The van der Waals surface area contributed by atoms with Gasteiger partial charge in [-0.3, -0.25) is 9.78 Å². The molecule has 2 aromatic carbocycles. The summed E-state index contributed by atoms with van der Waals surface area (Å²) < 4.78 is 28.1. The van der Waals surface area contributed by atoms with E-state index in [0.717, 1.165) is 0 Å². The number of para-hydroxylation sites is 1. The molecule has 30 heavy (non-hydrogen) atoms. The number of sulfonamides is 1. The van der Waals surface area contributed by atoms with Crippen molar-refractivity contribution in [3.63, 3.8) is 0 Å². The Labute approximate surface area is 174 Å². The Morgan fingerprint density at radius 3 is 2.43 bits per heavy atom. The number of nitrogens with one attached hydrogen (secondary N) is 1. The third kappa shape index (κ3) is 4.81. The molecule has 0 aliphatic heterocycles. The minimum absolute atomic E-state index is 0.0705. The number of primary sulfonamides is 1. The fraction of sp³-hybridized carbons (Fsp3) is 0.190. The van der Waals surface area contributed by atoms with Gasteiger partial charge in [-0.25, -0.2) is 18.4 Å². The predicted octanol–water partition coefficient (Wildman–Crippen LogP) is 2.76. The first-order valence-electron chi connectivity index (χ1n) is 9.20. The number of carbonyl (C=O) groups is 2. The Morgan fingerprint density at radius 1 is 1.13 bits per heavy atom. The molecule has 0 aliphatic rings. The van der Waals surface area contributed by atoms with E-state index in [1.54, 1.807) is 38.1 Å². The summed E-state index contributed by atoms with van der Waals surface area (Å²) in [5.74, 6) is -1.15. The summed E-state index contributed by atoms with van der Waals surface area (Å²) in [6, 6.07) is 14.2. The van der Waals surface area contributed by atoms with Crippen LogP contribution in [0.2, 0.25) is 0 Å². The molecule has 0 fully saturated rings. The Balaban J connectivity index is 1.77. The van der Waals surface area contributed by atoms with Crippen molar-refractivity contribution in [1.82, 2.24) is 4.98 Å². The van der Waals surface area contributed by atoms with Crippen LogP contribution in [-0.2, 0) is 19.6 Å². The lowest BCUT2D eigenvalue weighted by atomic mass is 10.1. The molecule has 0 saturated heterocycles. The number of nitrogens with two attached hydrogens (primary N) is 1. The molecule has 1 aromatic heterocycles. The van der Waals surface area contributed by atoms with Gasteiger partial charge in [-0.1, -0.05) is 25.1 Å². The van der Waals surface area contributed by atoms with Crippen LogP contribution in [0.4, 0.5) is 5.69 Å². The number of hydrogen-bond acceptors (Lipinski definition) is 6. The number of pyridine rings is 1. The number of amides is 1. The van der Waals surface area contributed by atoms with Crippen LogP contribution in [0.15, 0.2) is 59.5 Å². The topological polar surface area (TPSA) is 128 Å². The number of carbonyl (C=O) groups excluding carboxylic acids is 2. The van der Waals surface area contributed by atoms with E-state index >= 15 is 0 Å². The fourth-order valence-corrected chi connectivity index (χ4v) is 3.46. The number of anilines is 1. The second-order valence-corrected chi connectivity index (χ2v) is 8.25. The van der Waals surface area contributed by atoms with Crippen LogP contribution in [0.1, 0.15) is 29.4 Å². The van der Waals surface area contributed by atoms with Crippen LogP contribution in [0.5, 0.6) is 0 Å². The van der Waals surface area contributed by atoms with Crippen LogP contribution < -0.4 is 10.5 Å². The SMILES string of the molecule is CC[C@H](OC(=O)c1cc(C)nc2ccccc12)C(=O)Nc1ccc(S(N)(=O)=O)cc1. The van der Waals surface area contributed by atoms with Crippen molar-refractivity contribution in [1.29, 1.82) is 0 Å². The average Bonchev–Trinajstić information content (AvgIpc) is 2.70. The van der Waals surface area contributed by atoms with Crippen LogP contribution in [-0.4, -0.2) is 31.4 Å². The molecule has 0 aliphatic carbocycles. The van der Waals surface area contributed by atoms with Crippen molar-refractivity contribution in [2.45, 2.75) is 31.3 Å². The van der Waals surface area contributed by atoms with Crippen molar-refractivity contribution in [3.05, 3.63) is 65.9 Å². The normalized spacial score (nSPS) is 12.4. The lowest BCUT2D eigenvalue weighted by Gasteiger charge is -2.17. The molecule has 9 heteroatoms. The van der Waals surface area contributed by atoms with Gasteiger partial charge in [0.1, 0.15) is 0 Å². The predicted molar refractivity (Wildman–Crippen MR) is 112 cm³/mol. The maximum absolute atomic E-state index is 12.8. The summed E-state index contributed by atoms with van der Waals surface area (Å²) in [4.78, 5) is 29.7. The molecule has 8 nitrogen and oxygen atoms in total. The smallest absolute Gasteiger partial charge is 0.339 e. The number of aryl methyl sites for hydroxylation is 1. The van der Waals surface area contributed by atoms with Gasteiger partial charge in [-0.2, -0.15) is 0 Å². The number of benzene rings is 2. The van der Waals surface area contributed by atoms with Crippen molar-refractivity contribution in [3.8, 4) is 0 Å². The van der Waals surface area contributed by atoms with Crippen LogP contribution >= 0.6 is 0 Å². The van der Waals surface area contributed by atoms with Crippen LogP contribution in [0.25, 0.3) is 10.9 Å². The summed E-state index contributed by atoms with van der Waals surface area (Å²) in [6.07, 6.45) is -0.767. The highest BCUT2D eigenvalue weighted by Crippen LogP contribution is 2.20. The van der Waals surface area contributed by atoms with Crippen molar-refractivity contribution < 1.29 is 22.7 Å². The quantitative estimate of drug-likeness (QED) is 0.582. The molecule has 156 valence electrons. The summed E-state index contributed by atoms with van der Waals surface area (Å²) in [6.45, 7) is 3.50. The van der Waals surface area contributed by atoms with Gasteiger partial charge in [0, 0.05) is 16.8 Å². The van der Waals surface area contributed by atoms with Crippen LogP contribution in [0.3, 0.4) is 0 Å². The number of hydrogen-bond donors (Lipinski definition) is 2. The van der Waals surface area contributed by atoms with Gasteiger partial charge in [-0.05, 0) is 49.7 Å². The maximum atomic E-state index is 12.8. The van der Waals surface area contributed by atoms with Gasteiger partial charge >= 0.3 is 5.97 Å². The van der Waals surface area contributed by atoms with E-state index < -0.39 is 28.0 Å². The zero-order valence-corrected chi connectivity index (χ0v) is 17.3. The van der Waals surface area contributed by atoms with Gasteiger partial charge in [-0.15, -0.1) is 0 Å². The van der Waals surface area contributed by atoms with Gasteiger partial charge in [0.05, 0.1) is 16.0 Å². The summed E-state index contributed by atoms with van der Waals surface area (Å²) >= 11 is 0. The largest absolute Gasteiger partial charge is 0.449 e. The molecule has 0 radical (unpaired) electrons. The molecule has 3 rings (SSSR count). The number of fused-ring (bicyclic) bond motifs is 1. The van der Waals surface area contributed by atoms with E-state index in [4.69, 9.17) is 9.88 Å². The van der Waals surface area contributed by atoms with Crippen LogP contribution in [0, 0.1) is 6.92 Å². The van der Waals surface area contributed by atoms with E-state index in [2.05, 4.69) is 10.3 Å². The summed E-state index contributed by atoms with van der Waals surface area (Å²) in [7, 11) is -3.82. The van der Waals surface area contributed by atoms with E-state index in [0.29, 0.717) is 27.8 Å². The van der Waals surface area contributed by atoms with E-state index in [1.807, 2.05) is 6.07 Å². The molecule has 1 heterocycles. The number of nitrogens with zero attached hydrogens (tertiary/aromatic N) is 1. The molecule has 0 saturated carbocycles. The molecule has 1 atom stereocenters. The van der Waals surface area contributed by atoms with Gasteiger partial charge in [0.2, 0.25) is 10.0 Å². The zero-order valence-electron chi connectivity index (χ0n) is 16.5. The van der Waals surface area contributed by atoms with E-state index in [9.17, 15) is 18.0 Å². The minimum atomic E-state index is -3.82. The first-order chi connectivity index (χ1) is 14.2. The lowest BCUT2D eigenvalue weighted by molar-refractivity contribution is -0.124. The fourth-order valence-electron chi connectivity index (χ4n) is 2.94. The first-order valence-corrected chi connectivity index (χ1v) is 10.7. The Bertz CT molecular complexity index is 1210. The van der Waals surface area contributed by atoms with E-state index in [1.165, 1.54) is 24.3 Å². The molecule has 3 aromatic rings. The summed E-state index contributed by atoms with van der Waals surface area (Å²) in [5.41, 5.74) is 2.01. The highest BCUT2D eigenvalue weighted by atomic mass is 32.2. The molecule has 0 bridgehead atoms. The molecule has 0 spiro atoms. The van der Waals surface area contributed by atoms with Crippen molar-refractivity contribution in [2.24, 2.45) is 5.14 Å². The molecule has 3 N–H and O–H groups in total. The zero-order chi connectivity index (χ0) is 21.9. The molecular formula is C21H21N3O5S. The van der Waals surface area contributed by atoms with Crippen molar-refractivity contribution in [2.75, 3.05) is 5.32 Å². The maximum Gasteiger partial charge on any atom is 0.339 e. The highest BCUT2D eigenvalue weighted by Gasteiger charge is 2.23.